The zero-order valence-corrected chi connectivity index (χ0v) is 23.4. The molecule has 2 unspecified atom stereocenters. The molecular formula is C28H37NO6S2. The van der Waals surface area contributed by atoms with E-state index in [2.05, 4.69) is 29.2 Å². The standard InChI is InChI=1S/C28H37NO6S2/c1-28(32,27(33-2)34-3)25-17-29-26(37-25)24(31)11-10-23(30)22(16-18-12-14-35-15-13-18)19-4-6-20(7-5-19)36-21-8-9-21/h4-7,17-18,21-22,27,32H,8-16H2,1-3H3. The lowest BCUT2D eigenvalue weighted by atomic mass is 9.81. The molecule has 2 aliphatic rings. The van der Waals surface area contributed by atoms with Crippen LogP contribution in [0.1, 0.15) is 78.0 Å². The first-order chi connectivity index (χ1) is 17.8. The molecule has 2 heterocycles. The number of aliphatic hydroxyl groups is 1. The molecule has 2 aromatic rings. The van der Waals surface area contributed by atoms with E-state index in [1.165, 1.54) is 38.2 Å². The van der Waals surface area contributed by atoms with E-state index in [0.29, 0.717) is 10.8 Å². The summed E-state index contributed by atoms with van der Waals surface area (Å²) in [5, 5.41) is 11.8. The summed E-state index contributed by atoms with van der Waals surface area (Å²) in [6.45, 7) is 3.04. The molecular weight excluding hydrogens is 510 g/mol. The minimum absolute atomic E-state index is 0.0880. The smallest absolute Gasteiger partial charge is 0.191 e. The van der Waals surface area contributed by atoms with Crippen LogP contribution in [0.5, 0.6) is 0 Å². The van der Waals surface area contributed by atoms with Gasteiger partial charge in [0.05, 0.1) is 4.88 Å². The van der Waals surface area contributed by atoms with Crippen molar-refractivity contribution in [3.8, 4) is 0 Å². The molecule has 0 amide bonds. The minimum atomic E-state index is -1.45. The molecule has 0 radical (unpaired) electrons. The quantitative estimate of drug-likeness (QED) is 0.250. The Kier molecular flexibility index (Phi) is 9.94. The third-order valence-electron chi connectivity index (χ3n) is 7.14. The highest BCUT2D eigenvalue weighted by atomic mass is 32.2. The molecule has 1 N–H and O–H groups in total. The third kappa shape index (κ3) is 7.49. The van der Waals surface area contributed by atoms with Crippen LogP contribution in [0.2, 0.25) is 0 Å². The Labute approximate surface area is 227 Å². The molecule has 2 atom stereocenters. The predicted octanol–water partition coefficient (Wildman–Crippen LogP) is 5.36. The summed E-state index contributed by atoms with van der Waals surface area (Å²) in [7, 11) is 2.88. The van der Waals surface area contributed by atoms with Crippen LogP contribution in [-0.4, -0.2) is 60.6 Å². The van der Waals surface area contributed by atoms with Gasteiger partial charge < -0.3 is 19.3 Å². The number of benzene rings is 1. The van der Waals surface area contributed by atoms with Crippen molar-refractivity contribution < 1.29 is 28.9 Å². The topological polar surface area (TPSA) is 95.0 Å². The van der Waals surface area contributed by atoms with Crippen molar-refractivity contribution in [2.75, 3.05) is 27.4 Å². The maximum absolute atomic E-state index is 13.5. The number of nitrogens with zero attached hydrogens (tertiary/aromatic N) is 1. The number of thioether (sulfide) groups is 1. The maximum atomic E-state index is 13.5. The number of carbonyl (C=O) groups excluding carboxylic acids is 2. The van der Waals surface area contributed by atoms with Gasteiger partial charge in [-0.25, -0.2) is 4.98 Å². The van der Waals surface area contributed by atoms with E-state index in [1.54, 1.807) is 6.92 Å². The van der Waals surface area contributed by atoms with Crippen molar-refractivity contribution in [1.29, 1.82) is 0 Å². The van der Waals surface area contributed by atoms with Gasteiger partial charge >= 0.3 is 0 Å². The second-order valence-corrected chi connectivity index (χ2v) is 12.5. The van der Waals surface area contributed by atoms with Crippen molar-refractivity contribution >= 4 is 34.7 Å². The van der Waals surface area contributed by atoms with E-state index in [-0.39, 0.29) is 35.3 Å². The second kappa shape index (κ2) is 13.0. The molecule has 1 saturated carbocycles. The van der Waals surface area contributed by atoms with E-state index in [0.717, 1.165) is 54.6 Å². The first-order valence-electron chi connectivity index (χ1n) is 13.0. The van der Waals surface area contributed by atoms with Crippen molar-refractivity contribution in [3.63, 3.8) is 0 Å². The molecule has 9 heteroatoms. The number of aromatic nitrogens is 1. The molecule has 0 bridgehead atoms. The van der Waals surface area contributed by atoms with Gasteiger partial charge in [0.15, 0.2) is 17.1 Å². The van der Waals surface area contributed by atoms with E-state index in [4.69, 9.17) is 14.2 Å². The van der Waals surface area contributed by atoms with Crippen molar-refractivity contribution in [2.45, 2.75) is 79.8 Å². The van der Waals surface area contributed by atoms with Gasteiger partial charge in [0, 0.05) is 62.5 Å². The summed E-state index contributed by atoms with van der Waals surface area (Å²) in [6, 6.07) is 8.44. The number of thiazole rings is 1. The molecule has 4 rings (SSSR count). The summed E-state index contributed by atoms with van der Waals surface area (Å²) < 4.78 is 15.9. The first kappa shape index (κ1) is 28.4. The number of rotatable bonds is 14. The second-order valence-electron chi connectivity index (χ2n) is 10.1. The summed E-state index contributed by atoms with van der Waals surface area (Å²) in [5.74, 6) is 0.0997. The van der Waals surface area contributed by atoms with Gasteiger partial charge in [-0.05, 0) is 62.6 Å². The van der Waals surface area contributed by atoms with Gasteiger partial charge in [-0.2, -0.15) is 0 Å². The SMILES string of the molecule is COC(OC)C(C)(O)c1cnc(C(=O)CCC(=O)C(CC2CCOCC2)c2ccc(SC3CC3)cc2)s1. The average Bonchev–Trinajstić information content (AvgIpc) is 3.57. The Balaban J connectivity index is 1.41. The fourth-order valence-corrected chi connectivity index (χ4v) is 6.74. The minimum Gasteiger partial charge on any atom is -0.381 e. The fourth-order valence-electron chi connectivity index (χ4n) is 4.75. The highest BCUT2D eigenvalue weighted by Crippen LogP contribution is 2.40. The molecule has 1 aliphatic carbocycles. The summed E-state index contributed by atoms with van der Waals surface area (Å²) in [4.78, 5) is 32.3. The molecule has 2 fully saturated rings. The normalized spacial score (nSPS) is 19.1. The number of ether oxygens (including phenoxy) is 3. The van der Waals surface area contributed by atoms with Crippen LogP contribution >= 0.6 is 23.1 Å². The van der Waals surface area contributed by atoms with Gasteiger partial charge in [-0.3, -0.25) is 9.59 Å². The highest BCUT2D eigenvalue weighted by molar-refractivity contribution is 8.00. The monoisotopic (exact) mass is 547 g/mol. The Morgan fingerprint density at radius 1 is 1.14 bits per heavy atom. The lowest BCUT2D eigenvalue weighted by molar-refractivity contribution is -0.211. The van der Waals surface area contributed by atoms with Crippen molar-refractivity contribution in [2.24, 2.45) is 5.92 Å². The zero-order valence-electron chi connectivity index (χ0n) is 21.8. The van der Waals surface area contributed by atoms with E-state index in [1.807, 2.05) is 11.8 Å². The summed E-state index contributed by atoms with van der Waals surface area (Å²) in [6.07, 6.45) is 6.10. The number of hydrogen-bond acceptors (Lipinski definition) is 9. The lowest BCUT2D eigenvalue weighted by Crippen LogP contribution is -2.38. The maximum Gasteiger partial charge on any atom is 0.191 e. The summed E-state index contributed by atoms with van der Waals surface area (Å²) >= 11 is 3.01. The molecule has 7 nitrogen and oxygen atoms in total. The first-order valence-corrected chi connectivity index (χ1v) is 14.7. The van der Waals surface area contributed by atoms with Crippen LogP contribution in [-0.2, 0) is 24.6 Å². The van der Waals surface area contributed by atoms with E-state index in [9.17, 15) is 14.7 Å². The molecule has 1 aromatic heterocycles. The van der Waals surface area contributed by atoms with Gasteiger partial charge in [-0.15, -0.1) is 23.1 Å². The Bertz CT molecular complexity index is 1040. The van der Waals surface area contributed by atoms with Crippen molar-refractivity contribution in [1.82, 2.24) is 4.98 Å². The zero-order chi connectivity index (χ0) is 26.4. The van der Waals surface area contributed by atoms with Crippen LogP contribution in [0.4, 0.5) is 0 Å². The predicted molar refractivity (Wildman–Crippen MR) is 144 cm³/mol. The van der Waals surface area contributed by atoms with Crippen LogP contribution in [0, 0.1) is 5.92 Å². The Morgan fingerprint density at radius 2 is 1.81 bits per heavy atom. The fraction of sp³-hybridized carbons (Fsp3) is 0.607. The Hall–Kier alpha value is -1.62. The number of ketones is 2. The van der Waals surface area contributed by atoms with Gasteiger partial charge in [0.2, 0.25) is 0 Å². The van der Waals surface area contributed by atoms with E-state index >= 15 is 0 Å². The van der Waals surface area contributed by atoms with Crippen molar-refractivity contribution in [3.05, 3.63) is 45.9 Å². The van der Waals surface area contributed by atoms with Crippen LogP contribution < -0.4 is 0 Å². The molecule has 1 saturated heterocycles. The van der Waals surface area contributed by atoms with Gasteiger partial charge in [0.25, 0.3) is 0 Å². The van der Waals surface area contributed by atoms with E-state index < -0.39 is 11.9 Å². The number of Topliss-reactive ketones (excluding diaryl/α,β-unsaturated/α-hetero) is 2. The third-order valence-corrected chi connectivity index (χ3v) is 9.75. The molecule has 37 heavy (non-hydrogen) atoms. The van der Waals surface area contributed by atoms with Crippen LogP contribution in [0.15, 0.2) is 35.4 Å². The summed E-state index contributed by atoms with van der Waals surface area (Å²) in [5.41, 5.74) is -0.421. The van der Waals surface area contributed by atoms with Gasteiger partial charge in [-0.1, -0.05) is 12.1 Å². The molecule has 202 valence electrons. The van der Waals surface area contributed by atoms with Crippen LogP contribution in [0.3, 0.4) is 0 Å². The molecule has 1 aliphatic heterocycles. The molecule has 0 spiro atoms. The average molecular weight is 548 g/mol. The number of hydrogen-bond donors (Lipinski definition) is 1. The lowest BCUT2D eigenvalue weighted by Gasteiger charge is -2.28. The number of methoxy groups -OCH3 is 2. The van der Waals surface area contributed by atoms with Crippen LogP contribution in [0.25, 0.3) is 0 Å². The Morgan fingerprint density at radius 3 is 2.43 bits per heavy atom. The van der Waals surface area contributed by atoms with Gasteiger partial charge in [0.1, 0.15) is 11.4 Å². The highest BCUT2D eigenvalue weighted by Gasteiger charge is 2.37. The largest absolute Gasteiger partial charge is 0.381 e. The number of carbonyl (C=O) groups is 2. The molecule has 1 aromatic carbocycles.